The smallest absolute Gasteiger partial charge is 0.264 e. The summed E-state index contributed by atoms with van der Waals surface area (Å²) < 4.78 is 5.89. The summed E-state index contributed by atoms with van der Waals surface area (Å²) in [5.41, 5.74) is 0.598. The lowest BCUT2D eigenvalue weighted by Crippen LogP contribution is -2.56. The van der Waals surface area contributed by atoms with Gasteiger partial charge in [0.1, 0.15) is 11.8 Å². The fraction of sp³-hybridized carbons (Fsp3) is 0.526. The number of amides is 2. The van der Waals surface area contributed by atoms with Crippen molar-refractivity contribution in [3.8, 4) is 5.75 Å². The minimum absolute atomic E-state index is 0.150. The number of benzene rings is 1. The highest BCUT2D eigenvalue weighted by Crippen LogP contribution is 2.27. The van der Waals surface area contributed by atoms with Crippen molar-refractivity contribution in [2.45, 2.75) is 57.6 Å². The molecule has 1 aliphatic heterocycles. The molecule has 0 radical (unpaired) electrons. The molecule has 3 rings (SSSR count). The van der Waals surface area contributed by atoms with Gasteiger partial charge in [0.25, 0.3) is 5.91 Å². The normalized spacial score (nSPS) is 20.5. The molecule has 1 atom stereocenters. The SMILES string of the molecule is CC(C)(Oc1ccc2c(c1)CCCC2=O)C(=O)N[C@H]1CCCNC1=O. The van der Waals surface area contributed by atoms with Crippen LogP contribution < -0.4 is 15.4 Å². The number of hydrogen-bond acceptors (Lipinski definition) is 4. The Balaban J connectivity index is 1.69. The minimum Gasteiger partial charge on any atom is -0.478 e. The highest BCUT2D eigenvalue weighted by Gasteiger charge is 2.34. The number of ketones is 1. The van der Waals surface area contributed by atoms with E-state index in [-0.39, 0.29) is 17.6 Å². The summed E-state index contributed by atoms with van der Waals surface area (Å²) in [6, 6.07) is 4.83. The van der Waals surface area contributed by atoms with Gasteiger partial charge in [-0.1, -0.05) is 0 Å². The van der Waals surface area contributed by atoms with Gasteiger partial charge in [-0.15, -0.1) is 0 Å². The predicted octanol–water partition coefficient (Wildman–Crippen LogP) is 1.76. The molecule has 6 heteroatoms. The Morgan fingerprint density at radius 3 is 2.80 bits per heavy atom. The molecule has 1 fully saturated rings. The van der Waals surface area contributed by atoms with Gasteiger partial charge < -0.3 is 15.4 Å². The maximum atomic E-state index is 12.6. The van der Waals surface area contributed by atoms with E-state index < -0.39 is 11.6 Å². The molecular weight excluding hydrogens is 320 g/mol. The Morgan fingerprint density at radius 2 is 2.04 bits per heavy atom. The van der Waals surface area contributed by atoms with E-state index in [0.717, 1.165) is 30.4 Å². The summed E-state index contributed by atoms with van der Waals surface area (Å²) in [6.45, 7) is 4.00. The molecule has 1 heterocycles. The maximum absolute atomic E-state index is 12.6. The molecule has 134 valence electrons. The van der Waals surface area contributed by atoms with Crippen LogP contribution in [0.25, 0.3) is 0 Å². The molecule has 6 nitrogen and oxygen atoms in total. The first-order valence-corrected chi connectivity index (χ1v) is 8.80. The zero-order valence-electron chi connectivity index (χ0n) is 14.7. The lowest BCUT2D eigenvalue weighted by molar-refractivity contribution is -0.138. The quantitative estimate of drug-likeness (QED) is 0.872. The molecule has 1 aromatic rings. The van der Waals surface area contributed by atoms with Gasteiger partial charge in [0.2, 0.25) is 5.91 Å². The van der Waals surface area contributed by atoms with Crippen molar-refractivity contribution in [3.63, 3.8) is 0 Å². The Kier molecular flexibility index (Phi) is 4.79. The van der Waals surface area contributed by atoms with E-state index in [1.54, 1.807) is 26.0 Å². The number of carbonyl (C=O) groups is 3. The van der Waals surface area contributed by atoms with Crippen LogP contribution in [0.5, 0.6) is 5.75 Å². The lowest BCUT2D eigenvalue weighted by Gasteiger charge is -2.30. The Labute approximate surface area is 147 Å². The van der Waals surface area contributed by atoms with Gasteiger partial charge in [0, 0.05) is 18.5 Å². The Morgan fingerprint density at radius 1 is 1.24 bits per heavy atom. The number of fused-ring (bicyclic) bond motifs is 1. The van der Waals surface area contributed by atoms with Gasteiger partial charge in [0.05, 0.1) is 0 Å². The molecule has 0 spiro atoms. The molecular formula is C19H24N2O4. The van der Waals surface area contributed by atoms with Crippen molar-refractivity contribution in [2.24, 2.45) is 0 Å². The summed E-state index contributed by atoms with van der Waals surface area (Å²) in [5.74, 6) is 0.237. The van der Waals surface area contributed by atoms with Crippen molar-refractivity contribution in [1.29, 1.82) is 0 Å². The van der Waals surface area contributed by atoms with Crippen LogP contribution in [0.2, 0.25) is 0 Å². The third-order valence-corrected chi connectivity index (χ3v) is 4.74. The van der Waals surface area contributed by atoms with Crippen LogP contribution in [0.1, 0.15) is 55.5 Å². The van der Waals surface area contributed by atoms with Crippen LogP contribution in [0.15, 0.2) is 18.2 Å². The lowest BCUT2D eigenvalue weighted by atomic mass is 9.90. The van der Waals surface area contributed by atoms with Crippen LogP contribution in [-0.2, 0) is 16.0 Å². The molecule has 1 aliphatic carbocycles. The molecule has 2 aliphatic rings. The molecule has 0 unspecified atom stereocenters. The van der Waals surface area contributed by atoms with Gasteiger partial charge >= 0.3 is 0 Å². The monoisotopic (exact) mass is 344 g/mol. The average Bonchev–Trinajstić information content (AvgIpc) is 2.56. The number of ether oxygens (including phenoxy) is 1. The topological polar surface area (TPSA) is 84.5 Å². The van der Waals surface area contributed by atoms with Crippen molar-refractivity contribution in [3.05, 3.63) is 29.3 Å². The van der Waals surface area contributed by atoms with Gasteiger partial charge in [0.15, 0.2) is 11.4 Å². The van der Waals surface area contributed by atoms with Crippen LogP contribution in [0.4, 0.5) is 0 Å². The molecule has 2 N–H and O–H groups in total. The van der Waals surface area contributed by atoms with Gasteiger partial charge in [-0.25, -0.2) is 0 Å². The van der Waals surface area contributed by atoms with Crippen molar-refractivity contribution in [1.82, 2.24) is 10.6 Å². The molecule has 2 amide bonds. The average molecular weight is 344 g/mol. The van der Waals surface area contributed by atoms with Crippen LogP contribution in [0, 0.1) is 0 Å². The van der Waals surface area contributed by atoms with Crippen molar-refractivity contribution in [2.75, 3.05) is 6.54 Å². The van der Waals surface area contributed by atoms with Crippen molar-refractivity contribution >= 4 is 17.6 Å². The molecule has 1 saturated heterocycles. The van der Waals surface area contributed by atoms with Crippen LogP contribution in [0.3, 0.4) is 0 Å². The van der Waals surface area contributed by atoms with Crippen molar-refractivity contribution < 1.29 is 19.1 Å². The molecule has 25 heavy (non-hydrogen) atoms. The Hall–Kier alpha value is -2.37. The summed E-state index contributed by atoms with van der Waals surface area (Å²) in [5, 5.41) is 5.52. The summed E-state index contributed by atoms with van der Waals surface area (Å²) in [6.07, 6.45) is 3.75. The predicted molar refractivity (Wildman–Crippen MR) is 92.6 cm³/mol. The second-order valence-electron chi connectivity index (χ2n) is 7.17. The number of hydrogen-bond donors (Lipinski definition) is 2. The van der Waals surface area contributed by atoms with E-state index in [2.05, 4.69) is 10.6 Å². The van der Waals surface area contributed by atoms with Crippen LogP contribution in [-0.4, -0.2) is 35.8 Å². The second kappa shape index (κ2) is 6.86. The highest BCUT2D eigenvalue weighted by atomic mass is 16.5. The number of carbonyl (C=O) groups excluding carboxylic acids is 3. The molecule has 0 bridgehead atoms. The number of Topliss-reactive ketones (excluding diaryl/α,β-unsaturated/α-hetero) is 1. The van der Waals surface area contributed by atoms with E-state index in [4.69, 9.17) is 4.74 Å². The minimum atomic E-state index is -1.12. The number of piperidine rings is 1. The largest absolute Gasteiger partial charge is 0.478 e. The zero-order chi connectivity index (χ0) is 18.0. The molecule has 1 aromatic carbocycles. The fourth-order valence-electron chi connectivity index (χ4n) is 3.27. The number of nitrogens with one attached hydrogen (secondary N) is 2. The van der Waals surface area contributed by atoms with Gasteiger partial charge in [-0.2, -0.15) is 0 Å². The van der Waals surface area contributed by atoms with E-state index in [0.29, 0.717) is 25.1 Å². The standard InChI is InChI=1S/C19H24N2O4/c1-19(2,18(24)21-15-6-4-10-20-17(15)23)25-13-8-9-14-12(11-13)5-3-7-16(14)22/h8-9,11,15H,3-7,10H2,1-2H3,(H,20,23)(H,21,24)/t15-/m0/s1. The van der Waals surface area contributed by atoms with Gasteiger partial charge in [-0.05, 0) is 63.3 Å². The highest BCUT2D eigenvalue weighted by molar-refractivity contribution is 5.98. The fourth-order valence-corrected chi connectivity index (χ4v) is 3.27. The number of rotatable bonds is 4. The van der Waals surface area contributed by atoms with E-state index in [1.165, 1.54) is 0 Å². The maximum Gasteiger partial charge on any atom is 0.264 e. The summed E-state index contributed by atoms with van der Waals surface area (Å²) in [4.78, 5) is 36.3. The molecule has 0 saturated carbocycles. The second-order valence-corrected chi connectivity index (χ2v) is 7.17. The van der Waals surface area contributed by atoms with E-state index in [9.17, 15) is 14.4 Å². The first-order valence-electron chi connectivity index (χ1n) is 8.80. The third-order valence-electron chi connectivity index (χ3n) is 4.74. The Bertz CT molecular complexity index is 711. The van der Waals surface area contributed by atoms with E-state index >= 15 is 0 Å². The summed E-state index contributed by atoms with van der Waals surface area (Å²) >= 11 is 0. The number of aryl methyl sites for hydroxylation is 1. The van der Waals surface area contributed by atoms with Crippen LogP contribution >= 0.6 is 0 Å². The van der Waals surface area contributed by atoms with E-state index in [1.807, 2.05) is 6.07 Å². The first kappa shape index (κ1) is 17.5. The molecule has 0 aromatic heterocycles. The first-order chi connectivity index (χ1) is 11.9. The zero-order valence-corrected chi connectivity index (χ0v) is 14.7. The summed E-state index contributed by atoms with van der Waals surface area (Å²) in [7, 11) is 0. The third kappa shape index (κ3) is 3.83. The van der Waals surface area contributed by atoms with Gasteiger partial charge in [-0.3, -0.25) is 14.4 Å².